The molecule has 0 aromatic carbocycles. The zero-order valence-corrected chi connectivity index (χ0v) is 21.0. The van der Waals surface area contributed by atoms with Crippen molar-refractivity contribution in [2.24, 2.45) is 7.05 Å². The fraction of sp³-hybridized carbons (Fsp3) is 0.444. The molecule has 0 radical (unpaired) electrons. The van der Waals surface area contributed by atoms with Gasteiger partial charge in [0.25, 0.3) is 5.56 Å². The van der Waals surface area contributed by atoms with Crippen molar-refractivity contribution in [3.8, 4) is 5.88 Å². The van der Waals surface area contributed by atoms with Gasteiger partial charge in [-0.05, 0) is 50.7 Å². The Labute approximate surface area is 213 Å². The summed E-state index contributed by atoms with van der Waals surface area (Å²) in [7, 11) is 3.27. The van der Waals surface area contributed by atoms with Gasteiger partial charge in [0, 0.05) is 48.7 Å². The molecular formula is C27H29FN6O3. The maximum atomic E-state index is 14.8. The van der Waals surface area contributed by atoms with Gasteiger partial charge in [0.15, 0.2) is 5.65 Å². The summed E-state index contributed by atoms with van der Waals surface area (Å²) in [6.45, 7) is 1.00. The first-order valence-electron chi connectivity index (χ1n) is 12.6. The van der Waals surface area contributed by atoms with Crippen molar-refractivity contribution in [2.45, 2.75) is 56.2 Å². The Morgan fingerprint density at radius 3 is 2.70 bits per heavy atom. The standard InChI is InChI=1S/C27H29FN6O3/c1-34-24-21(29-11-12-30-24)13-17(25(34)35)14-32-26-7-9-27(10-8-26,37-16-26)6-5-18-19(28)15-31-20-3-4-22(36-2)33-23(18)20/h3-4,11-13,15,32H,5-10,14,16H2,1-2H3. The predicted molar refractivity (Wildman–Crippen MR) is 136 cm³/mol. The van der Waals surface area contributed by atoms with E-state index in [1.165, 1.54) is 6.20 Å². The summed E-state index contributed by atoms with van der Waals surface area (Å²) in [5.41, 5.74) is 3.15. The maximum Gasteiger partial charge on any atom is 0.256 e. The van der Waals surface area contributed by atoms with E-state index in [4.69, 9.17) is 9.47 Å². The minimum atomic E-state index is -0.353. The zero-order chi connectivity index (χ0) is 25.6. The van der Waals surface area contributed by atoms with E-state index >= 15 is 0 Å². The van der Waals surface area contributed by atoms with Crippen LogP contribution in [0.1, 0.15) is 43.2 Å². The van der Waals surface area contributed by atoms with Crippen LogP contribution in [0.2, 0.25) is 0 Å². The molecule has 4 aromatic heterocycles. The fourth-order valence-corrected chi connectivity index (χ4v) is 5.75. The quantitative estimate of drug-likeness (QED) is 0.409. The monoisotopic (exact) mass is 504 g/mol. The summed E-state index contributed by atoms with van der Waals surface area (Å²) in [5.74, 6) is 0.0870. The van der Waals surface area contributed by atoms with Gasteiger partial charge < -0.3 is 14.8 Å². The van der Waals surface area contributed by atoms with Crippen LogP contribution in [0.5, 0.6) is 5.88 Å². The van der Waals surface area contributed by atoms with Crippen LogP contribution in [0, 0.1) is 5.82 Å². The molecule has 192 valence electrons. The Hall–Kier alpha value is -3.50. The Morgan fingerprint density at radius 2 is 1.95 bits per heavy atom. The van der Waals surface area contributed by atoms with Gasteiger partial charge in [-0.1, -0.05) is 0 Å². The fourth-order valence-electron chi connectivity index (χ4n) is 5.75. The summed E-state index contributed by atoms with van der Waals surface area (Å²) in [6.07, 6.45) is 9.34. The lowest BCUT2D eigenvalue weighted by molar-refractivity contribution is -0.165. The first-order chi connectivity index (χ1) is 17.9. The summed E-state index contributed by atoms with van der Waals surface area (Å²) in [6, 6.07) is 5.35. The van der Waals surface area contributed by atoms with Gasteiger partial charge in [0.1, 0.15) is 11.3 Å². The third-order valence-corrected chi connectivity index (χ3v) is 8.12. The van der Waals surface area contributed by atoms with Crippen LogP contribution < -0.4 is 15.6 Å². The minimum Gasteiger partial charge on any atom is -0.481 e. The van der Waals surface area contributed by atoms with E-state index in [9.17, 15) is 9.18 Å². The summed E-state index contributed by atoms with van der Waals surface area (Å²) in [4.78, 5) is 30.1. The highest BCUT2D eigenvalue weighted by Gasteiger charge is 2.49. The molecule has 37 heavy (non-hydrogen) atoms. The van der Waals surface area contributed by atoms with Crippen molar-refractivity contribution in [3.63, 3.8) is 0 Å². The van der Waals surface area contributed by atoms with Crippen molar-refractivity contribution in [1.29, 1.82) is 0 Å². The van der Waals surface area contributed by atoms with E-state index in [2.05, 4.69) is 25.3 Å². The number of ether oxygens (including phenoxy) is 2. The molecule has 3 fully saturated rings. The molecular weight excluding hydrogens is 475 g/mol. The van der Waals surface area contributed by atoms with E-state index in [1.54, 1.807) is 43.3 Å². The van der Waals surface area contributed by atoms with Crippen molar-refractivity contribution >= 4 is 22.2 Å². The van der Waals surface area contributed by atoms with Crippen LogP contribution in [0.15, 0.2) is 41.6 Å². The second-order valence-electron chi connectivity index (χ2n) is 10.2. The van der Waals surface area contributed by atoms with Gasteiger partial charge in [0.2, 0.25) is 5.88 Å². The lowest BCUT2D eigenvalue weighted by atomic mass is 9.69. The number of aryl methyl sites for hydroxylation is 2. The van der Waals surface area contributed by atoms with Gasteiger partial charge in [-0.15, -0.1) is 0 Å². The average Bonchev–Trinajstić information content (AvgIpc) is 2.94. The van der Waals surface area contributed by atoms with Gasteiger partial charge in [-0.2, -0.15) is 0 Å². The van der Waals surface area contributed by atoms with Crippen molar-refractivity contribution < 1.29 is 13.9 Å². The molecule has 10 heteroatoms. The smallest absolute Gasteiger partial charge is 0.256 e. The van der Waals surface area contributed by atoms with E-state index in [1.807, 2.05) is 6.07 Å². The molecule has 6 heterocycles. The molecule has 1 aliphatic carbocycles. The number of hydrogen-bond donors (Lipinski definition) is 1. The Morgan fingerprint density at radius 1 is 1.14 bits per heavy atom. The molecule has 1 N–H and O–H groups in total. The molecule has 4 aromatic rings. The van der Waals surface area contributed by atoms with Crippen LogP contribution >= 0.6 is 0 Å². The third-order valence-electron chi connectivity index (χ3n) is 8.12. The number of pyridine rings is 3. The summed E-state index contributed by atoms with van der Waals surface area (Å²) >= 11 is 0. The number of rotatable bonds is 7. The number of fused-ring (bicyclic) bond motifs is 5. The Balaban J connectivity index is 1.14. The van der Waals surface area contributed by atoms with E-state index in [-0.39, 0.29) is 22.5 Å². The molecule has 3 aliphatic rings. The highest BCUT2D eigenvalue weighted by atomic mass is 19.1. The first kappa shape index (κ1) is 23.9. The van der Waals surface area contributed by atoms with E-state index < -0.39 is 0 Å². The number of halogens is 1. The zero-order valence-electron chi connectivity index (χ0n) is 21.0. The first-order valence-corrected chi connectivity index (χ1v) is 12.6. The SMILES string of the molecule is COc1ccc2ncc(F)c(CCC34CCC(NCc5cc6nccnc6n(C)c5=O)(CC3)CO4)c2n1. The molecule has 7 rings (SSSR count). The normalized spacial score (nSPS) is 23.1. The van der Waals surface area contributed by atoms with Gasteiger partial charge >= 0.3 is 0 Å². The lowest BCUT2D eigenvalue weighted by Gasteiger charge is -2.53. The van der Waals surface area contributed by atoms with Crippen LogP contribution in [0.4, 0.5) is 4.39 Å². The second-order valence-corrected chi connectivity index (χ2v) is 10.2. The topological polar surface area (TPSA) is 104 Å². The van der Waals surface area contributed by atoms with Crippen LogP contribution in [0.3, 0.4) is 0 Å². The van der Waals surface area contributed by atoms with Crippen LogP contribution in [-0.2, 0) is 24.8 Å². The van der Waals surface area contributed by atoms with Crippen LogP contribution in [-0.4, -0.2) is 49.4 Å². The summed E-state index contributed by atoms with van der Waals surface area (Å²) < 4.78 is 28.0. The van der Waals surface area contributed by atoms with Gasteiger partial charge in [0.05, 0.1) is 36.5 Å². The molecule has 2 bridgehead atoms. The lowest BCUT2D eigenvalue weighted by Crippen LogP contribution is -2.61. The number of hydrogen-bond acceptors (Lipinski definition) is 8. The third kappa shape index (κ3) is 4.23. The van der Waals surface area contributed by atoms with Crippen molar-refractivity contribution in [3.05, 3.63) is 64.1 Å². The second kappa shape index (κ2) is 9.11. The molecule has 2 aliphatic heterocycles. The minimum absolute atomic E-state index is 0.0735. The Bertz CT molecular complexity index is 1530. The molecule has 0 spiro atoms. The summed E-state index contributed by atoms with van der Waals surface area (Å²) in [5, 5.41) is 3.63. The molecule has 1 saturated carbocycles. The number of nitrogens with one attached hydrogen (secondary N) is 1. The highest BCUT2D eigenvalue weighted by molar-refractivity contribution is 5.78. The molecule has 9 nitrogen and oxygen atoms in total. The molecule has 0 unspecified atom stereocenters. The largest absolute Gasteiger partial charge is 0.481 e. The Kier molecular flexibility index (Phi) is 5.88. The number of nitrogens with zero attached hydrogens (tertiary/aromatic N) is 5. The highest BCUT2D eigenvalue weighted by Crippen LogP contribution is 2.46. The maximum absolute atomic E-state index is 14.8. The predicted octanol–water partition coefficient (Wildman–Crippen LogP) is 3.22. The molecule has 0 amide bonds. The van der Waals surface area contributed by atoms with Crippen molar-refractivity contribution in [1.82, 2.24) is 29.8 Å². The van der Waals surface area contributed by atoms with E-state index in [0.717, 1.165) is 25.7 Å². The molecule has 2 saturated heterocycles. The van der Waals surface area contributed by atoms with E-state index in [0.29, 0.717) is 65.2 Å². The molecule has 0 atom stereocenters. The van der Waals surface area contributed by atoms with Crippen LogP contribution in [0.25, 0.3) is 22.2 Å². The van der Waals surface area contributed by atoms with Gasteiger partial charge in [-0.3, -0.25) is 19.3 Å². The number of aromatic nitrogens is 5. The number of methoxy groups -OCH3 is 1. The van der Waals surface area contributed by atoms with Gasteiger partial charge in [-0.25, -0.2) is 14.4 Å². The average molecular weight is 505 g/mol. The van der Waals surface area contributed by atoms with Crippen molar-refractivity contribution in [2.75, 3.05) is 13.7 Å².